The molecule has 0 aliphatic carbocycles. The quantitative estimate of drug-likeness (QED) is 0.835. The van der Waals surface area contributed by atoms with Crippen LogP contribution in [0.15, 0.2) is 29.4 Å². The van der Waals surface area contributed by atoms with Crippen molar-refractivity contribution in [1.82, 2.24) is 10.3 Å². The standard InChI is InChI=1S/C12H16N2O3S2/c15-12(8-18-11-3-5-13-6-4-11)14-10-2-1-7-19(16,17)9-10/h3-6,10H,1-2,7-9H2,(H,14,15). The summed E-state index contributed by atoms with van der Waals surface area (Å²) < 4.78 is 22.9. The van der Waals surface area contributed by atoms with Crippen LogP contribution in [0.25, 0.3) is 0 Å². The molecule has 5 nitrogen and oxygen atoms in total. The second-order valence-corrected chi connectivity index (χ2v) is 7.77. The van der Waals surface area contributed by atoms with E-state index in [4.69, 9.17) is 0 Å². The maximum atomic E-state index is 11.8. The molecule has 0 aromatic carbocycles. The summed E-state index contributed by atoms with van der Waals surface area (Å²) >= 11 is 1.42. The predicted molar refractivity (Wildman–Crippen MR) is 74.8 cm³/mol. The Labute approximate surface area is 117 Å². The van der Waals surface area contributed by atoms with Crippen LogP contribution in [0, 0.1) is 0 Å². The molecule has 7 heteroatoms. The lowest BCUT2D eigenvalue weighted by molar-refractivity contribution is -0.119. The average Bonchev–Trinajstić information content (AvgIpc) is 2.36. The fourth-order valence-electron chi connectivity index (χ4n) is 1.99. The van der Waals surface area contributed by atoms with Crippen molar-refractivity contribution in [3.8, 4) is 0 Å². The van der Waals surface area contributed by atoms with Crippen molar-refractivity contribution in [3.05, 3.63) is 24.5 Å². The number of carbonyl (C=O) groups excluding carboxylic acids is 1. The van der Waals surface area contributed by atoms with Crippen LogP contribution in [0.4, 0.5) is 0 Å². The Balaban J connectivity index is 1.78. The maximum absolute atomic E-state index is 11.8. The van der Waals surface area contributed by atoms with Gasteiger partial charge < -0.3 is 5.32 Å². The number of sulfone groups is 1. The van der Waals surface area contributed by atoms with E-state index < -0.39 is 9.84 Å². The average molecular weight is 300 g/mol. The lowest BCUT2D eigenvalue weighted by Crippen LogP contribution is -2.43. The van der Waals surface area contributed by atoms with Gasteiger partial charge in [0.15, 0.2) is 9.84 Å². The van der Waals surface area contributed by atoms with Crippen LogP contribution in [-0.2, 0) is 14.6 Å². The van der Waals surface area contributed by atoms with Gasteiger partial charge in [0.1, 0.15) is 0 Å². The molecule has 19 heavy (non-hydrogen) atoms. The zero-order chi connectivity index (χ0) is 13.7. The summed E-state index contributed by atoms with van der Waals surface area (Å²) in [6.07, 6.45) is 4.72. The molecule has 0 radical (unpaired) electrons. The molecular formula is C12H16N2O3S2. The zero-order valence-corrected chi connectivity index (χ0v) is 12.0. The van der Waals surface area contributed by atoms with Crippen molar-refractivity contribution in [2.75, 3.05) is 17.3 Å². The van der Waals surface area contributed by atoms with Gasteiger partial charge in [0.05, 0.1) is 17.3 Å². The smallest absolute Gasteiger partial charge is 0.230 e. The van der Waals surface area contributed by atoms with E-state index >= 15 is 0 Å². The minimum absolute atomic E-state index is 0.0681. The summed E-state index contributed by atoms with van der Waals surface area (Å²) in [5.74, 6) is 0.480. The third-order valence-corrected chi connectivity index (χ3v) is 5.68. The predicted octanol–water partition coefficient (Wildman–Crippen LogP) is 0.867. The van der Waals surface area contributed by atoms with E-state index in [0.29, 0.717) is 12.2 Å². The van der Waals surface area contributed by atoms with Crippen LogP contribution >= 0.6 is 11.8 Å². The number of rotatable bonds is 4. The number of carbonyl (C=O) groups is 1. The Morgan fingerprint density at radius 2 is 2.16 bits per heavy atom. The van der Waals surface area contributed by atoms with Crippen LogP contribution in [0.2, 0.25) is 0 Å². The summed E-state index contributed by atoms with van der Waals surface area (Å²) in [4.78, 5) is 16.6. The molecule has 2 heterocycles. The topological polar surface area (TPSA) is 76.1 Å². The van der Waals surface area contributed by atoms with Crippen LogP contribution in [0.3, 0.4) is 0 Å². The molecule has 0 spiro atoms. The molecule has 1 fully saturated rings. The van der Waals surface area contributed by atoms with Gasteiger partial charge in [0.25, 0.3) is 0 Å². The van der Waals surface area contributed by atoms with E-state index in [2.05, 4.69) is 10.3 Å². The fraction of sp³-hybridized carbons (Fsp3) is 0.500. The Morgan fingerprint density at radius 1 is 1.42 bits per heavy atom. The molecule has 1 aromatic heterocycles. The minimum atomic E-state index is -2.97. The fourth-order valence-corrected chi connectivity index (χ4v) is 4.32. The number of pyridine rings is 1. The lowest BCUT2D eigenvalue weighted by Gasteiger charge is -2.22. The van der Waals surface area contributed by atoms with Crippen molar-refractivity contribution in [2.45, 2.75) is 23.8 Å². The largest absolute Gasteiger partial charge is 0.352 e. The van der Waals surface area contributed by atoms with E-state index in [1.165, 1.54) is 11.8 Å². The van der Waals surface area contributed by atoms with Gasteiger partial charge in [-0.25, -0.2) is 8.42 Å². The highest BCUT2D eigenvalue weighted by atomic mass is 32.2. The maximum Gasteiger partial charge on any atom is 0.230 e. The van der Waals surface area contributed by atoms with Crippen molar-refractivity contribution in [1.29, 1.82) is 0 Å². The molecule has 104 valence electrons. The molecule has 2 rings (SSSR count). The summed E-state index contributed by atoms with van der Waals surface area (Å²) in [5.41, 5.74) is 0. The van der Waals surface area contributed by atoms with Crippen LogP contribution in [0.5, 0.6) is 0 Å². The first-order chi connectivity index (χ1) is 9.05. The first-order valence-corrected chi connectivity index (χ1v) is 8.88. The summed E-state index contributed by atoms with van der Waals surface area (Å²) in [6, 6.07) is 3.44. The van der Waals surface area contributed by atoms with Crippen LogP contribution in [0.1, 0.15) is 12.8 Å². The highest BCUT2D eigenvalue weighted by molar-refractivity contribution is 8.00. The van der Waals surface area contributed by atoms with Gasteiger partial charge in [0.2, 0.25) is 5.91 Å². The molecule has 1 aliphatic heterocycles. The number of aromatic nitrogens is 1. The number of hydrogen-bond donors (Lipinski definition) is 1. The molecule has 1 saturated heterocycles. The van der Waals surface area contributed by atoms with Gasteiger partial charge in [-0.15, -0.1) is 11.8 Å². The highest BCUT2D eigenvalue weighted by Crippen LogP contribution is 2.16. The molecule has 1 amide bonds. The van der Waals surface area contributed by atoms with Gasteiger partial charge in [-0.2, -0.15) is 0 Å². The number of nitrogens with one attached hydrogen (secondary N) is 1. The van der Waals surface area contributed by atoms with Gasteiger partial charge in [0, 0.05) is 23.3 Å². The molecule has 1 N–H and O–H groups in total. The van der Waals surface area contributed by atoms with Crippen molar-refractivity contribution in [2.24, 2.45) is 0 Å². The monoisotopic (exact) mass is 300 g/mol. The third-order valence-electron chi connectivity index (χ3n) is 2.85. The van der Waals surface area contributed by atoms with Crippen molar-refractivity contribution in [3.63, 3.8) is 0 Å². The summed E-state index contributed by atoms with van der Waals surface area (Å²) in [6.45, 7) is 0. The van der Waals surface area contributed by atoms with E-state index in [1.807, 2.05) is 12.1 Å². The molecule has 1 atom stereocenters. The zero-order valence-electron chi connectivity index (χ0n) is 10.4. The highest BCUT2D eigenvalue weighted by Gasteiger charge is 2.25. The number of nitrogens with zero attached hydrogens (tertiary/aromatic N) is 1. The lowest BCUT2D eigenvalue weighted by atomic mass is 10.2. The van der Waals surface area contributed by atoms with Gasteiger partial charge in [-0.3, -0.25) is 9.78 Å². The molecular weight excluding hydrogens is 284 g/mol. The molecule has 1 aromatic rings. The Kier molecular flexibility index (Phi) is 4.81. The SMILES string of the molecule is O=C(CSc1ccncc1)NC1CCCS(=O)(=O)C1. The van der Waals surface area contributed by atoms with E-state index in [9.17, 15) is 13.2 Å². The summed E-state index contributed by atoms with van der Waals surface area (Å²) in [5, 5.41) is 2.79. The number of hydrogen-bond acceptors (Lipinski definition) is 5. The molecule has 1 unspecified atom stereocenters. The second-order valence-electron chi connectivity index (χ2n) is 4.49. The molecule has 0 bridgehead atoms. The molecule has 1 aliphatic rings. The minimum Gasteiger partial charge on any atom is -0.352 e. The van der Waals surface area contributed by atoms with Gasteiger partial charge >= 0.3 is 0 Å². The number of thioether (sulfide) groups is 1. The van der Waals surface area contributed by atoms with Gasteiger partial charge in [-0.1, -0.05) is 0 Å². The Morgan fingerprint density at radius 3 is 2.84 bits per heavy atom. The van der Waals surface area contributed by atoms with Crippen LogP contribution < -0.4 is 5.32 Å². The molecule has 0 saturated carbocycles. The first kappa shape index (κ1) is 14.3. The Bertz CT molecular complexity index is 531. The van der Waals surface area contributed by atoms with Gasteiger partial charge in [-0.05, 0) is 25.0 Å². The van der Waals surface area contributed by atoms with Crippen LogP contribution in [-0.4, -0.2) is 42.6 Å². The number of amides is 1. The summed E-state index contributed by atoms with van der Waals surface area (Å²) in [7, 11) is -2.97. The van der Waals surface area contributed by atoms with E-state index in [1.54, 1.807) is 12.4 Å². The second kappa shape index (κ2) is 6.38. The normalized spacial score (nSPS) is 21.8. The Hall–Kier alpha value is -1.08. The van der Waals surface area contributed by atoms with E-state index in [0.717, 1.165) is 11.3 Å². The van der Waals surface area contributed by atoms with Crippen molar-refractivity contribution < 1.29 is 13.2 Å². The third kappa shape index (κ3) is 4.83. The first-order valence-electron chi connectivity index (χ1n) is 6.08. The van der Waals surface area contributed by atoms with Crippen molar-refractivity contribution >= 4 is 27.5 Å². The van der Waals surface area contributed by atoms with E-state index in [-0.39, 0.29) is 23.5 Å².